The molecule has 1 heterocycles. The lowest BCUT2D eigenvalue weighted by molar-refractivity contribution is -0.119. The predicted octanol–water partition coefficient (Wildman–Crippen LogP) is 1.36. The first kappa shape index (κ1) is 12.7. The van der Waals surface area contributed by atoms with E-state index in [0.717, 1.165) is 11.3 Å². The van der Waals surface area contributed by atoms with Gasteiger partial charge in [-0.3, -0.25) is 4.79 Å². The highest BCUT2D eigenvalue weighted by Crippen LogP contribution is 2.04. The summed E-state index contributed by atoms with van der Waals surface area (Å²) in [5.74, 6) is -0.0400. The number of nitrogens with one attached hydrogen (secondary N) is 2. The third-order valence-electron chi connectivity index (χ3n) is 1.67. The van der Waals surface area contributed by atoms with E-state index < -0.39 is 0 Å². The number of rotatable bonds is 2. The second-order valence-corrected chi connectivity index (χ2v) is 2.50. The summed E-state index contributed by atoms with van der Waals surface area (Å²) in [7, 11) is 0. The van der Waals surface area contributed by atoms with Crippen molar-refractivity contribution in [1.29, 1.82) is 0 Å². The molecule has 0 saturated carbocycles. The number of hydrogen-bond donors (Lipinski definition) is 2. The summed E-state index contributed by atoms with van der Waals surface area (Å²) in [5.41, 5.74) is 1.72. The Morgan fingerprint density at radius 2 is 1.86 bits per heavy atom. The number of carbonyl (C=O) groups excluding carboxylic acids is 1. The van der Waals surface area contributed by atoms with Gasteiger partial charge in [-0.05, 0) is 11.6 Å². The number of hydrogen-bond acceptors (Lipinski definition) is 2. The Balaban J connectivity index is 0.000000791. The number of carbonyl (C=O) groups is 1. The summed E-state index contributed by atoms with van der Waals surface area (Å²) in [5, 5.41) is 5.69. The molecule has 2 N–H and O–H groups in total. The number of amides is 1. The molecule has 0 fully saturated rings. The average molecular weight is 194 g/mol. The molecule has 1 amide bonds. The fourth-order valence-electron chi connectivity index (χ4n) is 1.04. The minimum atomic E-state index is -0.0400. The van der Waals surface area contributed by atoms with Crippen LogP contribution in [0.2, 0.25) is 0 Å². The molecule has 3 heteroatoms. The van der Waals surface area contributed by atoms with Gasteiger partial charge >= 0.3 is 0 Å². The first-order chi connectivity index (χ1) is 6.77. The molecule has 0 bridgehead atoms. The van der Waals surface area contributed by atoms with Crippen LogP contribution in [0.3, 0.4) is 0 Å². The van der Waals surface area contributed by atoms with Crippen LogP contribution in [0.5, 0.6) is 0 Å². The molecule has 0 unspecified atom stereocenters. The summed E-state index contributed by atoms with van der Waals surface area (Å²) < 4.78 is 0. The van der Waals surface area contributed by atoms with Crippen molar-refractivity contribution in [3.8, 4) is 0 Å². The van der Waals surface area contributed by atoms with Crippen molar-refractivity contribution in [3.05, 3.63) is 36.6 Å². The van der Waals surface area contributed by atoms with Gasteiger partial charge in [0.05, 0.1) is 6.54 Å². The maximum Gasteiger partial charge on any atom is 0.238 e. The molecule has 78 valence electrons. The van der Waals surface area contributed by atoms with Gasteiger partial charge in [-0.25, -0.2) is 0 Å². The molecule has 1 aliphatic heterocycles. The van der Waals surface area contributed by atoms with Gasteiger partial charge in [0, 0.05) is 12.2 Å². The van der Waals surface area contributed by atoms with Gasteiger partial charge < -0.3 is 10.6 Å². The Kier molecular flexibility index (Phi) is 6.41. The highest BCUT2D eigenvalue weighted by molar-refractivity contribution is 5.81. The van der Waals surface area contributed by atoms with Crippen molar-refractivity contribution in [2.75, 3.05) is 13.1 Å². The van der Waals surface area contributed by atoms with Gasteiger partial charge in [-0.15, -0.1) is 0 Å². The van der Waals surface area contributed by atoms with Crippen molar-refractivity contribution in [3.63, 3.8) is 0 Å². The van der Waals surface area contributed by atoms with Crippen LogP contribution in [0.1, 0.15) is 13.8 Å². The highest BCUT2D eigenvalue weighted by atomic mass is 16.1. The molecule has 0 aromatic carbocycles. The molecule has 0 aliphatic carbocycles. The molecule has 0 radical (unpaired) electrons. The van der Waals surface area contributed by atoms with Crippen molar-refractivity contribution >= 4 is 5.91 Å². The Labute approximate surface area is 85.6 Å². The fourth-order valence-corrected chi connectivity index (χ4v) is 1.04. The number of allylic oxidation sites excluding steroid dienone is 1. The Morgan fingerprint density at radius 1 is 1.21 bits per heavy atom. The SMILES string of the molecule is C=CC1=C(C=C)NC(=O)CNC1.CC. The summed E-state index contributed by atoms with van der Waals surface area (Å²) >= 11 is 0. The van der Waals surface area contributed by atoms with Crippen LogP contribution in [0.4, 0.5) is 0 Å². The van der Waals surface area contributed by atoms with Crippen LogP contribution in [0.25, 0.3) is 0 Å². The summed E-state index contributed by atoms with van der Waals surface area (Å²) in [4.78, 5) is 11.0. The van der Waals surface area contributed by atoms with Crippen LogP contribution in [0, 0.1) is 0 Å². The van der Waals surface area contributed by atoms with Gasteiger partial charge in [-0.1, -0.05) is 33.1 Å². The van der Waals surface area contributed by atoms with E-state index in [0.29, 0.717) is 13.1 Å². The molecule has 0 atom stereocenters. The van der Waals surface area contributed by atoms with Gasteiger partial charge in [0.1, 0.15) is 0 Å². The quantitative estimate of drug-likeness (QED) is 0.697. The lowest BCUT2D eigenvalue weighted by Crippen LogP contribution is -2.29. The van der Waals surface area contributed by atoms with Crippen molar-refractivity contribution < 1.29 is 4.79 Å². The molecular formula is C11H18N2O. The molecule has 0 aromatic heterocycles. The van der Waals surface area contributed by atoms with Gasteiger partial charge in [0.15, 0.2) is 0 Å². The zero-order valence-corrected chi connectivity index (χ0v) is 8.89. The van der Waals surface area contributed by atoms with E-state index in [1.165, 1.54) is 0 Å². The van der Waals surface area contributed by atoms with E-state index in [1.54, 1.807) is 12.2 Å². The summed E-state index contributed by atoms with van der Waals surface area (Å²) in [6.45, 7) is 12.3. The van der Waals surface area contributed by atoms with E-state index in [4.69, 9.17) is 0 Å². The topological polar surface area (TPSA) is 41.1 Å². The van der Waals surface area contributed by atoms with Gasteiger partial charge in [0.25, 0.3) is 0 Å². The van der Waals surface area contributed by atoms with Crippen molar-refractivity contribution in [2.45, 2.75) is 13.8 Å². The van der Waals surface area contributed by atoms with E-state index >= 15 is 0 Å². The molecule has 0 aromatic rings. The first-order valence-corrected chi connectivity index (χ1v) is 4.76. The standard InChI is InChI=1S/C9H12N2O.C2H6/c1-3-7-5-10-6-9(12)11-8(7)4-2;1-2/h3-4,10H,1-2,5-6H2,(H,11,12);1-2H3. The minimum Gasteiger partial charge on any atom is -0.325 e. The first-order valence-electron chi connectivity index (χ1n) is 4.76. The minimum absolute atomic E-state index is 0.0400. The molecule has 1 aliphatic rings. The average Bonchev–Trinajstić information content (AvgIpc) is 2.42. The predicted molar refractivity (Wildman–Crippen MR) is 59.8 cm³/mol. The van der Waals surface area contributed by atoms with Crippen LogP contribution in [-0.2, 0) is 4.79 Å². The van der Waals surface area contributed by atoms with E-state index in [1.807, 2.05) is 13.8 Å². The third-order valence-corrected chi connectivity index (χ3v) is 1.67. The highest BCUT2D eigenvalue weighted by Gasteiger charge is 2.10. The second kappa shape index (κ2) is 7.09. The molecule has 3 nitrogen and oxygen atoms in total. The fraction of sp³-hybridized carbons (Fsp3) is 0.364. The van der Waals surface area contributed by atoms with Gasteiger partial charge in [0.2, 0.25) is 5.91 Å². The molecule has 0 spiro atoms. The largest absolute Gasteiger partial charge is 0.325 e. The summed E-state index contributed by atoms with van der Waals surface area (Å²) in [6.07, 6.45) is 3.34. The van der Waals surface area contributed by atoms with E-state index in [9.17, 15) is 4.79 Å². The van der Waals surface area contributed by atoms with Crippen LogP contribution in [-0.4, -0.2) is 19.0 Å². The van der Waals surface area contributed by atoms with Gasteiger partial charge in [-0.2, -0.15) is 0 Å². The second-order valence-electron chi connectivity index (χ2n) is 2.50. The maximum atomic E-state index is 11.0. The van der Waals surface area contributed by atoms with Crippen molar-refractivity contribution in [2.24, 2.45) is 0 Å². The zero-order chi connectivity index (χ0) is 11.0. The Bertz CT molecular complexity index is 254. The molecule has 14 heavy (non-hydrogen) atoms. The Morgan fingerprint density at radius 3 is 2.36 bits per heavy atom. The maximum absolute atomic E-state index is 11.0. The Hall–Kier alpha value is -1.35. The molecule has 1 rings (SSSR count). The third kappa shape index (κ3) is 3.58. The van der Waals surface area contributed by atoms with Crippen LogP contribution in [0.15, 0.2) is 36.6 Å². The lowest BCUT2D eigenvalue weighted by Gasteiger charge is -2.03. The molecule has 0 saturated heterocycles. The smallest absolute Gasteiger partial charge is 0.238 e. The van der Waals surface area contributed by atoms with E-state index in [2.05, 4.69) is 23.8 Å². The van der Waals surface area contributed by atoms with Crippen molar-refractivity contribution in [1.82, 2.24) is 10.6 Å². The van der Waals surface area contributed by atoms with E-state index in [-0.39, 0.29) is 5.91 Å². The van der Waals surface area contributed by atoms with Crippen LogP contribution >= 0.6 is 0 Å². The van der Waals surface area contributed by atoms with Crippen LogP contribution < -0.4 is 10.6 Å². The lowest BCUT2D eigenvalue weighted by atomic mass is 10.2. The zero-order valence-electron chi connectivity index (χ0n) is 8.89. The normalized spacial score (nSPS) is 16.0. The monoisotopic (exact) mass is 194 g/mol. The molecular weight excluding hydrogens is 176 g/mol. The summed E-state index contributed by atoms with van der Waals surface area (Å²) in [6, 6.07) is 0.